The first kappa shape index (κ1) is 17.0. The van der Waals surface area contributed by atoms with Crippen molar-refractivity contribution < 1.29 is 4.79 Å². The van der Waals surface area contributed by atoms with Crippen molar-refractivity contribution in [3.63, 3.8) is 0 Å². The van der Waals surface area contributed by atoms with E-state index in [0.29, 0.717) is 17.4 Å². The minimum absolute atomic E-state index is 0.0435. The van der Waals surface area contributed by atoms with Gasteiger partial charge in [-0.3, -0.25) is 4.79 Å². The summed E-state index contributed by atoms with van der Waals surface area (Å²) in [6.45, 7) is 8.28. The Kier molecular flexibility index (Phi) is 6.50. The van der Waals surface area contributed by atoms with Crippen LogP contribution in [0.5, 0.6) is 0 Å². The Morgan fingerprint density at radius 1 is 1.20 bits per heavy atom. The highest BCUT2D eigenvalue weighted by Crippen LogP contribution is 2.23. The van der Waals surface area contributed by atoms with Gasteiger partial charge in [0.25, 0.3) is 0 Å². The van der Waals surface area contributed by atoms with Gasteiger partial charge in [-0.05, 0) is 36.0 Å². The number of benzene rings is 1. The molecule has 1 aromatic rings. The van der Waals surface area contributed by atoms with E-state index in [1.807, 2.05) is 24.3 Å². The SMILES string of the molecule is CC(C)C[C@H](N)C(=O)NC(c1ccc(Cl)cc1)C(C)C. The summed E-state index contributed by atoms with van der Waals surface area (Å²) in [5, 5.41) is 3.74. The molecule has 0 aliphatic carbocycles. The molecule has 0 aliphatic heterocycles. The molecule has 1 aromatic carbocycles. The highest BCUT2D eigenvalue weighted by Gasteiger charge is 2.22. The van der Waals surface area contributed by atoms with E-state index >= 15 is 0 Å². The maximum Gasteiger partial charge on any atom is 0.237 e. The Labute approximate surface area is 126 Å². The van der Waals surface area contributed by atoms with Crippen LogP contribution in [0.15, 0.2) is 24.3 Å². The van der Waals surface area contributed by atoms with Crippen LogP contribution in [0, 0.1) is 11.8 Å². The number of halogens is 1. The van der Waals surface area contributed by atoms with E-state index < -0.39 is 6.04 Å². The smallest absolute Gasteiger partial charge is 0.237 e. The van der Waals surface area contributed by atoms with E-state index in [1.54, 1.807) is 0 Å². The topological polar surface area (TPSA) is 55.1 Å². The van der Waals surface area contributed by atoms with E-state index in [9.17, 15) is 4.79 Å². The summed E-state index contributed by atoms with van der Waals surface area (Å²) in [4.78, 5) is 12.2. The minimum Gasteiger partial charge on any atom is -0.348 e. The highest BCUT2D eigenvalue weighted by molar-refractivity contribution is 6.30. The fraction of sp³-hybridized carbons (Fsp3) is 0.562. The molecule has 0 fully saturated rings. The normalized spacial score (nSPS) is 14.4. The van der Waals surface area contributed by atoms with Crippen LogP contribution >= 0.6 is 11.6 Å². The van der Waals surface area contributed by atoms with Crippen LogP contribution in [0.4, 0.5) is 0 Å². The lowest BCUT2D eigenvalue weighted by Crippen LogP contribution is -2.44. The van der Waals surface area contributed by atoms with Crippen LogP contribution in [0.1, 0.15) is 45.7 Å². The van der Waals surface area contributed by atoms with Gasteiger partial charge in [-0.2, -0.15) is 0 Å². The third-order valence-corrected chi connectivity index (χ3v) is 3.51. The highest BCUT2D eigenvalue weighted by atomic mass is 35.5. The molecule has 1 unspecified atom stereocenters. The predicted octanol–water partition coefficient (Wildman–Crippen LogP) is 3.53. The molecular weight excluding hydrogens is 272 g/mol. The first-order valence-electron chi connectivity index (χ1n) is 7.12. The number of nitrogens with one attached hydrogen (secondary N) is 1. The first-order valence-corrected chi connectivity index (χ1v) is 7.50. The second kappa shape index (κ2) is 7.65. The van der Waals surface area contributed by atoms with E-state index in [1.165, 1.54) is 0 Å². The van der Waals surface area contributed by atoms with Crippen LogP contribution in [-0.4, -0.2) is 11.9 Å². The van der Waals surface area contributed by atoms with Crippen molar-refractivity contribution in [2.75, 3.05) is 0 Å². The second-order valence-electron chi connectivity index (χ2n) is 6.02. The summed E-state index contributed by atoms with van der Waals surface area (Å²) in [6.07, 6.45) is 0.692. The van der Waals surface area contributed by atoms with E-state index in [4.69, 9.17) is 17.3 Å². The molecule has 3 nitrogen and oxygen atoms in total. The van der Waals surface area contributed by atoms with Gasteiger partial charge in [0.1, 0.15) is 0 Å². The largest absolute Gasteiger partial charge is 0.348 e. The fourth-order valence-corrected chi connectivity index (χ4v) is 2.31. The van der Waals surface area contributed by atoms with Gasteiger partial charge in [0.2, 0.25) is 5.91 Å². The van der Waals surface area contributed by atoms with Crippen molar-refractivity contribution in [3.8, 4) is 0 Å². The van der Waals surface area contributed by atoms with Crippen molar-refractivity contribution in [2.24, 2.45) is 17.6 Å². The molecule has 0 spiro atoms. The zero-order chi connectivity index (χ0) is 15.3. The lowest BCUT2D eigenvalue weighted by Gasteiger charge is -2.25. The molecule has 4 heteroatoms. The average molecular weight is 297 g/mol. The Hall–Kier alpha value is -1.06. The van der Waals surface area contributed by atoms with Crippen molar-refractivity contribution in [3.05, 3.63) is 34.9 Å². The number of amides is 1. The lowest BCUT2D eigenvalue weighted by molar-refractivity contribution is -0.123. The zero-order valence-electron chi connectivity index (χ0n) is 12.7. The molecule has 0 bridgehead atoms. The Balaban J connectivity index is 2.77. The van der Waals surface area contributed by atoms with Gasteiger partial charge in [0.15, 0.2) is 0 Å². The lowest BCUT2D eigenvalue weighted by atomic mass is 9.95. The van der Waals surface area contributed by atoms with Crippen LogP contribution < -0.4 is 11.1 Å². The molecule has 0 aliphatic rings. The van der Waals surface area contributed by atoms with Crippen LogP contribution in [0.25, 0.3) is 0 Å². The third-order valence-electron chi connectivity index (χ3n) is 3.26. The van der Waals surface area contributed by atoms with Crippen LogP contribution in [-0.2, 0) is 4.79 Å². The molecule has 0 radical (unpaired) electrons. The number of carbonyl (C=O) groups is 1. The summed E-state index contributed by atoms with van der Waals surface area (Å²) < 4.78 is 0. The Morgan fingerprint density at radius 2 is 1.75 bits per heavy atom. The van der Waals surface area contributed by atoms with E-state index in [-0.39, 0.29) is 17.9 Å². The molecule has 0 saturated carbocycles. The van der Waals surface area contributed by atoms with Gasteiger partial charge in [-0.1, -0.05) is 51.4 Å². The average Bonchev–Trinajstić information content (AvgIpc) is 2.35. The van der Waals surface area contributed by atoms with Gasteiger partial charge >= 0.3 is 0 Å². The fourth-order valence-electron chi connectivity index (χ4n) is 2.18. The third kappa shape index (κ3) is 5.14. The summed E-state index contributed by atoms with van der Waals surface area (Å²) >= 11 is 5.90. The quantitative estimate of drug-likeness (QED) is 0.844. The second-order valence-corrected chi connectivity index (χ2v) is 6.45. The summed E-state index contributed by atoms with van der Waals surface area (Å²) in [6, 6.07) is 7.07. The predicted molar refractivity (Wildman–Crippen MR) is 84.6 cm³/mol. The van der Waals surface area contributed by atoms with Gasteiger partial charge in [-0.15, -0.1) is 0 Å². The maximum absolute atomic E-state index is 12.2. The Bertz CT molecular complexity index is 429. The molecule has 1 rings (SSSR count). The summed E-state index contributed by atoms with van der Waals surface area (Å²) in [5.74, 6) is 0.600. The molecule has 112 valence electrons. The molecule has 1 amide bonds. The van der Waals surface area contributed by atoms with Crippen LogP contribution in [0.2, 0.25) is 5.02 Å². The first-order chi connectivity index (χ1) is 9.31. The molecular formula is C16H25ClN2O. The molecule has 3 N–H and O–H groups in total. The minimum atomic E-state index is -0.455. The molecule has 20 heavy (non-hydrogen) atoms. The van der Waals surface area contributed by atoms with Crippen molar-refractivity contribution in [1.82, 2.24) is 5.32 Å². The van der Waals surface area contributed by atoms with Crippen LogP contribution in [0.3, 0.4) is 0 Å². The van der Waals surface area contributed by atoms with Gasteiger partial charge in [0, 0.05) is 5.02 Å². The van der Waals surface area contributed by atoms with Crippen molar-refractivity contribution in [2.45, 2.75) is 46.2 Å². The molecule has 0 heterocycles. The summed E-state index contributed by atoms with van der Waals surface area (Å²) in [5.41, 5.74) is 6.99. The molecule has 0 aromatic heterocycles. The van der Waals surface area contributed by atoms with E-state index in [0.717, 1.165) is 5.56 Å². The number of nitrogens with two attached hydrogens (primary N) is 1. The number of hydrogen-bond donors (Lipinski definition) is 2. The van der Waals surface area contributed by atoms with Gasteiger partial charge < -0.3 is 11.1 Å². The molecule has 0 saturated heterocycles. The monoisotopic (exact) mass is 296 g/mol. The van der Waals surface area contributed by atoms with Crippen molar-refractivity contribution >= 4 is 17.5 Å². The van der Waals surface area contributed by atoms with Crippen molar-refractivity contribution in [1.29, 1.82) is 0 Å². The number of carbonyl (C=O) groups excluding carboxylic acids is 1. The van der Waals surface area contributed by atoms with Gasteiger partial charge in [-0.25, -0.2) is 0 Å². The Morgan fingerprint density at radius 3 is 2.20 bits per heavy atom. The zero-order valence-corrected chi connectivity index (χ0v) is 13.4. The maximum atomic E-state index is 12.2. The van der Waals surface area contributed by atoms with E-state index in [2.05, 4.69) is 33.0 Å². The number of rotatable bonds is 6. The summed E-state index contributed by atoms with van der Waals surface area (Å²) in [7, 11) is 0. The number of hydrogen-bond acceptors (Lipinski definition) is 2. The standard InChI is InChI=1S/C16H25ClN2O/c1-10(2)9-14(18)16(20)19-15(11(3)4)12-5-7-13(17)8-6-12/h5-8,10-11,14-15H,9,18H2,1-4H3,(H,19,20)/t14-,15?/m0/s1. The molecule has 2 atom stereocenters. The van der Waals surface area contributed by atoms with Gasteiger partial charge in [0.05, 0.1) is 12.1 Å².